The third-order valence-corrected chi connectivity index (χ3v) is 2.12. The average Bonchev–Trinajstić information content (AvgIpc) is 1.94. The van der Waals surface area contributed by atoms with Crippen LogP contribution in [-0.2, 0) is 4.74 Å². The second-order valence-electron chi connectivity index (χ2n) is 3.39. The van der Waals surface area contributed by atoms with Crippen molar-refractivity contribution in [3.63, 3.8) is 0 Å². The Morgan fingerprint density at radius 2 is 2.25 bits per heavy atom. The fourth-order valence-electron chi connectivity index (χ4n) is 1.22. The zero-order valence-electron chi connectivity index (χ0n) is 7.80. The van der Waals surface area contributed by atoms with E-state index in [1.165, 1.54) is 5.57 Å². The standard InChI is InChI=1S/C10H15ClO/c1-7(2)12-10-5-4-8(3)6-9(10)11/h4,6-7,10H,5H2,1-3H3. The monoisotopic (exact) mass is 186 g/mol. The molecule has 2 heteroatoms. The van der Waals surface area contributed by atoms with Gasteiger partial charge in [0.25, 0.3) is 0 Å². The van der Waals surface area contributed by atoms with Crippen molar-refractivity contribution in [1.82, 2.24) is 0 Å². The molecule has 1 nitrogen and oxygen atoms in total. The highest BCUT2D eigenvalue weighted by Crippen LogP contribution is 2.24. The van der Waals surface area contributed by atoms with E-state index in [0.717, 1.165) is 11.5 Å². The summed E-state index contributed by atoms with van der Waals surface area (Å²) < 4.78 is 5.61. The molecule has 12 heavy (non-hydrogen) atoms. The molecule has 1 aliphatic rings. The van der Waals surface area contributed by atoms with Crippen LogP contribution in [0.25, 0.3) is 0 Å². The van der Waals surface area contributed by atoms with Crippen LogP contribution in [0.1, 0.15) is 27.2 Å². The molecule has 0 saturated carbocycles. The van der Waals surface area contributed by atoms with E-state index in [4.69, 9.17) is 16.3 Å². The first-order valence-corrected chi connectivity index (χ1v) is 4.66. The van der Waals surface area contributed by atoms with Crippen LogP contribution in [0, 0.1) is 0 Å². The number of hydrogen-bond acceptors (Lipinski definition) is 1. The summed E-state index contributed by atoms with van der Waals surface area (Å²) >= 11 is 6.02. The average molecular weight is 187 g/mol. The Morgan fingerprint density at radius 1 is 1.58 bits per heavy atom. The van der Waals surface area contributed by atoms with Gasteiger partial charge in [0.2, 0.25) is 0 Å². The lowest BCUT2D eigenvalue weighted by molar-refractivity contribution is 0.0340. The van der Waals surface area contributed by atoms with Crippen LogP contribution >= 0.6 is 11.6 Å². The molecule has 0 aromatic rings. The summed E-state index contributed by atoms with van der Waals surface area (Å²) in [6.45, 7) is 6.10. The van der Waals surface area contributed by atoms with Gasteiger partial charge in [-0.1, -0.05) is 23.3 Å². The summed E-state index contributed by atoms with van der Waals surface area (Å²) in [5.41, 5.74) is 1.23. The maximum atomic E-state index is 6.02. The summed E-state index contributed by atoms with van der Waals surface area (Å²) in [7, 11) is 0. The first kappa shape index (κ1) is 9.82. The minimum absolute atomic E-state index is 0.0790. The maximum Gasteiger partial charge on any atom is 0.0968 e. The molecule has 0 aromatic heterocycles. The van der Waals surface area contributed by atoms with Crippen molar-refractivity contribution < 1.29 is 4.74 Å². The molecular weight excluding hydrogens is 172 g/mol. The van der Waals surface area contributed by atoms with Gasteiger partial charge >= 0.3 is 0 Å². The summed E-state index contributed by atoms with van der Waals surface area (Å²) in [4.78, 5) is 0. The van der Waals surface area contributed by atoms with E-state index in [9.17, 15) is 0 Å². The van der Waals surface area contributed by atoms with E-state index < -0.39 is 0 Å². The molecule has 0 spiro atoms. The Labute approximate surface area is 79.1 Å². The lowest BCUT2D eigenvalue weighted by Crippen LogP contribution is -2.19. The maximum absolute atomic E-state index is 6.02. The van der Waals surface area contributed by atoms with Gasteiger partial charge < -0.3 is 4.74 Å². The first-order valence-electron chi connectivity index (χ1n) is 4.29. The minimum Gasteiger partial charge on any atom is -0.370 e. The van der Waals surface area contributed by atoms with Crippen LogP contribution in [0.5, 0.6) is 0 Å². The largest absolute Gasteiger partial charge is 0.370 e. The third-order valence-electron chi connectivity index (χ3n) is 1.76. The number of hydrogen-bond donors (Lipinski definition) is 0. The number of halogens is 1. The van der Waals surface area contributed by atoms with E-state index in [-0.39, 0.29) is 12.2 Å². The van der Waals surface area contributed by atoms with Gasteiger partial charge in [-0.2, -0.15) is 0 Å². The predicted octanol–water partition coefficient (Wildman–Crippen LogP) is 3.25. The summed E-state index contributed by atoms with van der Waals surface area (Å²) in [6.07, 6.45) is 5.34. The second kappa shape index (κ2) is 4.11. The van der Waals surface area contributed by atoms with Gasteiger partial charge in [0.15, 0.2) is 0 Å². The molecule has 0 bridgehead atoms. The fraction of sp³-hybridized carbons (Fsp3) is 0.600. The van der Waals surface area contributed by atoms with Crippen LogP contribution in [0.2, 0.25) is 0 Å². The molecule has 0 amide bonds. The highest BCUT2D eigenvalue weighted by atomic mass is 35.5. The van der Waals surface area contributed by atoms with Crippen molar-refractivity contribution in [3.05, 3.63) is 22.8 Å². The lowest BCUT2D eigenvalue weighted by atomic mass is 10.1. The molecular formula is C10H15ClO. The zero-order chi connectivity index (χ0) is 9.14. The van der Waals surface area contributed by atoms with Gasteiger partial charge in [0.05, 0.1) is 12.2 Å². The topological polar surface area (TPSA) is 9.23 Å². The minimum atomic E-state index is 0.0790. The molecule has 0 saturated heterocycles. The van der Waals surface area contributed by atoms with Gasteiger partial charge in [-0.15, -0.1) is 0 Å². The summed E-state index contributed by atoms with van der Waals surface area (Å²) in [6, 6.07) is 0. The van der Waals surface area contributed by atoms with Crippen molar-refractivity contribution in [3.8, 4) is 0 Å². The normalized spacial score (nSPS) is 23.9. The van der Waals surface area contributed by atoms with Crippen LogP contribution in [0.15, 0.2) is 22.8 Å². The van der Waals surface area contributed by atoms with Gasteiger partial charge in [-0.25, -0.2) is 0 Å². The van der Waals surface area contributed by atoms with Crippen LogP contribution in [-0.4, -0.2) is 12.2 Å². The van der Waals surface area contributed by atoms with Gasteiger partial charge in [-0.05, 0) is 33.3 Å². The highest BCUT2D eigenvalue weighted by Gasteiger charge is 2.16. The van der Waals surface area contributed by atoms with Crippen molar-refractivity contribution in [2.24, 2.45) is 0 Å². The molecule has 1 atom stereocenters. The number of ether oxygens (including phenoxy) is 1. The Balaban J connectivity index is 2.56. The second-order valence-corrected chi connectivity index (χ2v) is 3.82. The van der Waals surface area contributed by atoms with Crippen molar-refractivity contribution in [2.45, 2.75) is 39.4 Å². The van der Waals surface area contributed by atoms with Crippen LogP contribution in [0.3, 0.4) is 0 Å². The van der Waals surface area contributed by atoms with Gasteiger partial charge in [-0.3, -0.25) is 0 Å². The van der Waals surface area contributed by atoms with Crippen molar-refractivity contribution in [2.75, 3.05) is 0 Å². The van der Waals surface area contributed by atoms with E-state index in [1.54, 1.807) is 0 Å². The Hall–Kier alpha value is -0.270. The molecule has 1 rings (SSSR count). The van der Waals surface area contributed by atoms with Crippen LogP contribution < -0.4 is 0 Å². The number of rotatable bonds is 2. The van der Waals surface area contributed by atoms with E-state index >= 15 is 0 Å². The van der Waals surface area contributed by atoms with E-state index in [1.807, 2.05) is 26.8 Å². The third kappa shape index (κ3) is 2.65. The summed E-state index contributed by atoms with van der Waals surface area (Å²) in [5.74, 6) is 0. The summed E-state index contributed by atoms with van der Waals surface area (Å²) in [5, 5.41) is 0.823. The Kier molecular flexibility index (Phi) is 3.36. The first-order chi connectivity index (χ1) is 5.59. The highest BCUT2D eigenvalue weighted by molar-refractivity contribution is 6.30. The smallest absolute Gasteiger partial charge is 0.0968 e. The molecule has 0 N–H and O–H groups in total. The molecule has 1 unspecified atom stereocenters. The lowest BCUT2D eigenvalue weighted by Gasteiger charge is -2.21. The molecule has 0 fully saturated rings. The molecule has 1 aliphatic carbocycles. The van der Waals surface area contributed by atoms with Crippen molar-refractivity contribution in [1.29, 1.82) is 0 Å². The number of allylic oxidation sites excluding steroid dienone is 2. The molecule has 68 valence electrons. The quantitative estimate of drug-likeness (QED) is 0.644. The SMILES string of the molecule is CC1=CCC(OC(C)C)C(Cl)=C1. The van der Waals surface area contributed by atoms with E-state index in [0.29, 0.717) is 0 Å². The Bertz CT molecular complexity index is 216. The molecule has 0 aliphatic heterocycles. The molecule has 0 aromatic carbocycles. The fourth-order valence-corrected chi connectivity index (χ4v) is 1.54. The predicted molar refractivity (Wildman–Crippen MR) is 52.3 cm³/mol. The van der Waals surface area contributed by atoms with E-state index in [2.05, 4.69) is 6.08 Å². The Morgan fingerprint density at radius 3 is 2.75 bits per heavy atom. The zero-order valence-corrected chi connectivity index (χ0v) is 8.56. The van der Waals surface area contributed by atoms with Crippen LogP contribution in [0.4, 0.5) is 0 Å². The van der Waals surface area contributed by atoms with Gasteiger partial charge in [0, 0.05) is 5.03 Å². The van der Waals surface area contributed by atoms with Gasteiger partial charge in [0.1, 0.15) is 0 Å². The molecule has 0 heterocycles. The van der Waals surface area contributed by atoms with Crippen molar-refractivity contribution >= 4 is 11.6 Å². The molecule has 0 radical (unpaired) electrons.